The summed E-state index contributed by atoms with van der Waals surface area (Å²) in [6.07, 6.45) is 0. The van der Waals surface area contributed by atoms with Crippen LogP contribution in [0.15, 0.2) is 42.5 Å². The Hall–Kier alpha value is -2.81. The second kappa shape index (κ2) is 7.84. The minimum absolute atomic E-state index is 0.0306. The highest BCUT2D eigenvalue weighted by Gasteiger charge is 2.20. The molecule has 0 saturated heterocycles. The predicted octanol–water partition coefficient (Wildman–Crippen LogP) is 2.73. The summed E-state index contributed by atoms with van der Waals surface area (Å²) in [4.78, 5) is 10.4. The summed E-state index contributed by atoms with van der Waals surface area (Å²) in [5.74, 6) is 0.816. The fraction of sp³-hybridized carbons (Fsp3) is 0.250. The van der Waals surface area contributed by atoms with Gasteiger partial charge in [-0.2, -0.15) is 0 Å². The van der Waals surface area contributed by atoms with Gasteiger partial charge < -0.3 is 9.47 Å². The molecule has 0 heterocycles. The van der Waals surface area contributed by atoms with Crippen LogP contribution in [0.2, 0.25) is 0 Å². The maximum Gasteiger partial charge on any atom is 0.293 e. The van der Waals surface area contributed by atoms with Gasteiger partial charge in [-0.25, -0.2) is 8.42 Å². The molecule has 0 aliphatic heterocycles. The van der Waals surface area contributed by atoms with E-state index in [4.69, 9.17) is 9.47 Å². The minimum Gasteiger partial charge on any atom is -0.497 e. The van der Waals surface area contributed by atoms with Crippen molar-refractivity contribution in [3.63, 3.8) is 0 Å². The van der Waals surface area contributed by atoms with E-state index in [9.17, 15) is 18.5 Å². The summed E-state index contributed by atoms with van der Waals surface area (Å²) in [5, 5.41) is 11.0. The van der Waals surface area contributed by atoms with E-state index in [2.05, 4.69) is 4.72 Å². The number of nitrogens with one attached hydrogen (secondary N) is 1. The van der Waals surface area contributed by atoms with Gasteiger partial charge in [-0.1, -0.05) is 12.1 Å². The van der Waals surface area contributed by atoms with E-state index in [0.29, 0.717) is 17.1 Å². The lowest BCUT2D eigenvalue weighted by molar-refractivity contribution is -0.383. The van der Waals surface area contributed by atoms with Gasteiger partial charge in [0, 0.05) is 6.07 Å². The molecule has 9 heteroatoms. The van der Waals surface area contributed by atoms with Crippen molar-refractivity contribution in [1.29, 1.82) is 0 Å². The molecule has 0 radical (unpaired) electrons. The Balaban J connectivity index is 2.01. The fourth-order valence-electron chi connectivity index (χ4n) is 2.08. The molecule has 2 aromatic rings. The van der Waals surface area contributed by atoms with Crippen molar-refractivity contribution in [2.45, 2.75) is 6.92 Å². The number of aryl methyl sites for hydroxylation is 1. The van der Waals surface area contributed by atoms with Crippen LogP contribution in [0.4, 0.5) is 11.4 Å². The van der Waals surface area contributed by atoms with Crippen molar-refractivity contribution in [1.82, 2.24) is 0 Å². The highest BCUT2D eigenvalue weighted by molar-refractivity contribution is 7.92. The number of para-hydroxylation sites is 1. The molecule has 8 nitrogen and oxygen atoms in total. The van der Waals surface area contributed by atoms with Crippen LogP contribution in [0.1, 0.15) is 5.56 Å². The van der Waals surface area contributed by atoms with Crippen LogP contribution in [0.3, 0.4) is 0 Å². The van der Waals surface area contributed by atoms with Crippen LogP contribution in [0.5, 0.6) is 11.5 Å². The summed E-state index contributed by atoms with van der Waals surface area (Å²) >= 11 is 0. The van der Waals surface area contributed by atoms with Crippen LogP contribution in [-0.4, -0.2) is 32.8 Å². The maximum atomic E-state index is 12.2. The van der Waals surface area contributed by atoms with Crippen molar-refractivity contribution >= 4 is 21.4 Å². The van der Waals surface area contributed by atoms with Crippen LogP contribution in [-0.2, 0) is 10.0 Å². The molecule has 0 unspecified atom stereocenters. The van der Waals surface area contributed by atoms with E-state index < -0.39 is 14.9 Å². The van der Waals surface area contributed by atoms with Crippen molar-refractivity contribution in [3.05, 3.63) is 58.1 Å². The summed E-state index contributed by atoms with van der Waals surface area (Å²) in [6.45, 7) is 1.50. The van der Waals surface area contributed by atoms with Gasteiger partial charge in [-0.15, -0.1) is 0 Å². The summed E-state index contributed by atoms with van der Waals surface area (Å²) in [5.41, 5.74) is 0.144. The molecule has 25 heavy (non-hydrogen) atoms. The first kappa shape index (κ1) is 18.5. The number of sulfonamides is 1. The molecule has 0 fully saturated rings. The molecule has 0 spiro atoms. The van der Waals surface area contributed by atoms with Gasteiger partial charge in [0.25, 0.3) is 5.69 Å². The second-order valence-corrected chi connectivity index (χ2v) is 7.01. The minimum atomic E-state index is -3.80. The lowest BCUT2D eigenvalue weighted by atomic mass is 10.2. The smallest absolute Gasteiger partial charge is 0.293 e. The molecule has 0 aliphatic rings. The first-order valence-corrected chi connectivity index (χ1v) is 8.99. The molecular formula is C16H18N2O6S. The highest BCUT2D eigenvalue weighted by Crippen LogP contribution is 2.28. The molecule has 2 aromatic carbocycles. The lowest BCUT2D eigenvalue weighted by Crippen LogP contribution is -2.22. The lowest BCUT2D eigenvalue weighted by Gasteiger charge is -2.11. The zero-order chi connectivity index (χ0) is 18.4. The summed E-state index contributed by atoms with van der Waals surface area (Å²) in [6, 6.07) is 11.0. The molecule has 0 saturated carbocycles. The van der Waals surface area contributed by atoms with E-state index in [-0.39, 0.29) is 23.7 Å². The molecule has 1 N–H and O–H groups in total. The third-order valence-electron chi connectivity index (χ3n) is 3.39. The molecule has 0 aliphatic carbocycles. The van der Waals surface area contributed by atoms with Gasteiger partial charge in [0.2, 0.25) is 10.0 Å². The molecule has 0 amide bonds. The van der Waals surface area contributed by atoms with Gasteiger partial charge >= 0.3 is 0 Å². The van der Waals surface area contributed by atoms with E-state index >= 15 is 0 Å². The van der Waals surface area contributed by atoms with Crippen LogP contribution in [0, 0.1) is 17.0 Å². The van der Waals surface area contributed by atoms with E-state index in [1.165, 1.54) is 12.1 Å². The molecule has 134 valence electrons. The predicted molar refractivity (Wildman–Crippen MR) is 93.7 cm³/mol. The van der Waals surface area contributed by atoms with Gasteiger partial charge in [0.15, 0.2) is 0 Å². The first-order chi connectivity index (χ1) is 11.8. The zero-order valence-electron chi connectivity index (χ0n) is 13.8. The number of rotatable bonds is 8. The number of methoxy groups -OCH3 is 1. The summed E-state index contributed by atoms with van der Waals surface area (Å²) < 4.78 is 37.0. The SMILES string of the molecule is COc1ccc(OCCS(=O)(=O)Nc2c(C)cccc2[N+](=O)[O-])cc1. The van der Waals surface area contributed by atoms with Gasteiger partial charge in [-0.3, -0.25) is 14.8 Å². The monoisotopic (exact) mass is 366 g/mol. The van der Waals surface area contributed by atoms with Gasteiger partial charge in [0.05, 0.1) is 12.0 Å². The number of ether oxygens (including phenoxy) is 2. The number of anilines is 1. The zero-order valence-corrected chi connectivity index (χ0v) is 14.6. The standard InChI is InChI=1S/C16H18N2O6S/c1-12-4-3-5-15(18(19)20)16(12)17-25(21,22)11-10-24-14-8-6-13(23-2)7-9-14/h3-9,17H,10-11H2,1-2H3. The van der Waals surface area contributed by atoms with E-state index in [0.717, 1.165) is 0 Å². The Kier molecular flexibility index (Phi) is 5.81. The Morgan fingerprint density at radius 2 is 1.76 bits per heavy atom. The largest absolute Gasteiger partial charge is 0.497 e. The molecule has 2 rings (SSSR count). The third kappa shape index (κ3) is 5.08. The van der Waals surface area contributed by atoms with Crippen molar-refractivity contribution in [3.8, 4) is 11.5 Å². The molecule has 0 bridgehead atoms. The number of hydrogen-bond acceptors (Lipinski definition) is 6. The first-order valence-electron chi connectivity index (χ1n) is 7.34. The third-order valence-corrected chi connectivity index (χ3v) is 4.60. The molecular weight excluding hydrogens is 348 g/mol. The average Bonchev–Trinajstić information content (AvgIpc) is 2.57. The average molecular weight is 366 g/mol. The fourth-order valence-corrected chi connectivity index (χ4v) is 3.07. The number of benzene rings is 2. The topological polar surface area (TPSA) is 108 Å². The summed E-state index contributed by atoms with van der Waals surface area (Å²) in [7, 11) is -2.26. The van der Waals surface area contributed by atoms with Crippen molar-refractivity contribution in [2.24, 2.45) is 0 Å². The van der Waals surface area contributed by atoms with E-state index in [1.54, 1.807) is 44.4 Å². The number of hydrogen-bond donors (Lipinski definition) is 1. The molecule has 0 atom stereocenters. The van der Waals surface area contributed by atoms with Gasteiger partial charge in [-0.05, 0) is 36.8 Å². The van der Waals surface area contributed by atoms with Gasteiger partial charge in [0.1, 0.15) is 29.5 Å². The number of nitro groups is 1. The Labute approximate surface area is 145 Å². The quantitative estimate of drug-likeness (QED) is 0.568. The Morgan fingerprint density at radius 1 is 1.12 bits per heavy atom. The Morgan fingerprint density at radius 3 is 2.36 bits per heavy atom. The van der Waals surface area contributed by atoms with Crippen LogP contribution < -0.4 is 14.2 Å². The number of nitrogens with zero attached hydrogens (tertiary/aromatic N) is 1. The normalized spacial score (nSPS) is 11.0. The maximum absolute atomic E-state index is 12.2. The second-order valence-electron chi connectivity index (χ2n) is 5.17. The van der Waals surface area contributed by atoms with Crippen LogP contribution >= 0.6 is 0 Å². The number of nitro benzene ring substituents is 1. The van der Waals surface area contributed by atoms with Crippen molar-refractivity contribution in [2.75, 3.05) is 24.2 Å². The molecule has 0 aromatic heterocycles. The van der Waals surface area contributed by atoms with Crippen molar-refractivity contribution < 1.29 is 22.8 Å². The Bertz CT molecular complexity index is 849. The van der Waals surface area contributed by atoms with E-state index in [1.807, 2.05) is 0 Å². The van der Waals surface area contributed by atoms with Crippen LogP contribution in [0.25, 0.3) is 0 Å². The highest BCUT2D eigenvalue weighted by atomic mass is 32.2.